The third-order valence-electron chi connectivity index (χ3n) is 4.34. The zero-order valence-corrected chi connectivity index (χ0v) is 15.4. The second-order valence-corrected chi connectivity index (χ2v) is 6.45. The Bertz CT molecular complexity index is 1080. The summed E-state index contributed by atoms with van der Waals surface area (Å²) >= 11 is 0. The van der Waals surface area contributed by atoms with Gasteiger partial charge in [-0.05, 0) is 31.5 Å². The van der Waals surface area contributed by atoms with Gasteiger partial charge in [0.05, 0.1) is 23.8 Å². The first-order valence-electron chi connectivity index (χ1n) is 8.47. The van der Waals surface area contributed by atoms with Gasteiger partial charge in [0.25, 0.3) is 5.56 Å². The van der Waals surface area contributed by atoms with Gasteiger partial charge >= 0.3 is 6.18 Å². The SMILES string of the molecule is CC(=O)NCc1nn(C(C)c2ccc(C(F)(F)F)cc2)c2nc(C)[nH]c(=O)c12. The lowest BCUT2D eigenvalue weighted by Gasteiger charge is -2.15. The number of nitrogens with zero attached hydrogens (tertiary/aromatic N) is 3. The fourth-order valence-corrected chi connectivity index (χ4v) is 2.92. The van der Waals surface area contributed by atoms with Crippen LogP contribution in [0, 0.1) is 6.92 Å². The van der Waals surface area contributed by atoms with E-state index in [1.54, 1.807) is 13.8 Å². The topological polar surface area (TPSA) is 92.7 Å². The molecule has 0 saturated carbocycles. The molecule has 1 aromatic carbocycles. The number of fused-ring (bicyclic) bond motifs is 1. The maximum Gasteiger partial charge on any atom is 0.416 e. The molecule has 148 valence electrons. The van der Waals surface area contributed by atoms with Gasteiger partial charge in [-0.2, -0.15) is 18.3 Å². The Hall–Kier alpha value is -3.17. The Balaban J connectivity index is 2.09. The molecule has 28 heavy (non-hydrogen) atoms. The van der Waals surface area contributed by atoms with Crippen LogP contribution < -0.4 is 10.9 Å². The summed E-state index contributed by atoms with van der Waals surface area (Å²) in [6.45, 7) is 4.74. The van der Waals surface area contributed by atoms with E-state index in [4.69, 9.17) is 0 Å². The lowest BCUT2D eigenvalue weighted by atomic mass is 10.1. The summed E-state index contributed by atoms with van der Waals surface area (Å²) < 4.78 is 39.9. The molecule has 0 aliphatic heterocycles. The number of alkyl halides is 3. The summed E-state index contributed by atoms with van der Waals surface area (Å²) in [6.07, 6.45) is -4.42. The van der Waals surface area contributed by atoms with E-state index in [1.807, 2.05) is 0 Å². The molecule has 2 aromatic heterocycles. The van der Waals surface area contributed by atoms with Crippen LogP contribution in [-0.4, -0.2) is 25.7 Å². The zero-order chi connectivity index (χ0) is 20.6. The molecule has 7 nitrogen and oxygen atoms in total. The van der Waals surface area contributed by atoms with E-state index in [2.05, 4.69) is 20.4 Å². The number of carbonyl (C=O) groups is 1. The lowest BCUT2D eigenvalue weighted by Crippen LogP contribution is -2.20. The third kappa shape index (κ3) is 3.75. The Morgan fingerprint density at radius 3 is 2.50 bits per heavy atom. The maximum absolute atomic E-state index is 12.8. The number of rotatable bonds is 4. The van der Waals surface area contributed by atoms with Crippen LogP contribution in [0.3, 0.4) is 0 Å². The van der Waals surface area contributed by atoms with Gasteiger partial charge in [0.2, 0.25) is 5.91 Å². The highest BCUT2D eigenvalue weighted by molar-refractivity contribution is 5.79. The predicted octanol–water partition coefficient (Wildman–Crippen LogP) is 2.69. The Morgan fingerprint density at radius 2 is 1.93 bits per heavy atom. The number of aromatic amines is 1. The Morgan fingerprint density at radius 1 is 1.29 bits per heavy atom. The average Bonchev–Trinajstić information content (AvgIpc) is 2.97. The smallest absolute Gasteiger partial charge is 0.351 e. The van der Waals surface area contributed by atoms with Gasteiger partial charge in [-0.1, -0.05) is 12.1 Å². The largest absolute Gasteiger partial charge is 0.416 e. The van der Waals surface area contributed by atoms with Crippen molar-refractivity contribution in [3.05, 3.63) is 57.3 Å². The van der Waals surface area contributed by atoms with Gasteiger partial charge in [0, 0.05) is 6.92 Å². The molecule has 2 N–H and O–H groups in total. The van der Waals surface area contributed by atoms with Crippen LogP contribution in [0.25, 0.3) is 11.0 Å². The Kier molecular flexibility index (Phi) is 4.97. The van der Waals surface area contributed by atoms with Crippen molar-refractivity contribution in [2.75, 3.05) is 0 Å². The molecular weight excluding hydrogens is 375 g/mol. The van der Waals surface area contributed by atoms with Gasteiger partial charge in [0.1, 0.15) is 11.2 Å². The molecular formula is C18H18F3N5O2. The average molecular weight is 393 g/mol. The minimum absolute atomic E-state index is 0.0341. The number of halogens is 3. The Labute approximate surface area is 157 Å². The van der Waals surface area contributed by atoms with Gasteiger partial charge in [0.15, 0.2) is 5.65 Å². The second-order valence-electron chi connectivity index (χ2n) is 6.45. The molecule has 0 radical (unpaired) electrons. The number of hydrogen-bond donors (Lipinski definition) is 2. The van der Waals surface area contributed by atoms with Crippen molar-refractivity contribution in [2.24, 2.45) is 0 Å². The molecule has 2 heterocycles. The van der Waals surface area contributed by atoms with Crippen molar-refractivity contribution >= 4 is 16.9 Å². The molecule has 1 atom stereocenters. The van der Waals surface area contributed by atoms with Gasteiger partial charge < -0.3 is 10.3 Å². The van der Waals surface area contributed by atoms with E-state index in [0.29, 0.717) is 22.7 Å². The van der Waals surface area contributed by atoms with Crippen LogP contribution >= 0.6 is 0 Å². The minimum atomic E-state index is -4.42. The van der Waals surface area contributed by atoms with E-state index in [0.717, 1.165) is 12.1 Å². The molecule has 3 aromatic rings. The molecule has 3 rings (SSSR count). The molecule has 0 fully saturated rings. The first-order valence-corrected chi connectivity index (χ1v) is 8.47. The molecule has 0 aliphatic carbocycles. The fraction of sp³-hybridized carbons (Fsp3) is 0.333. The van der Waals surface area contributed by atoms with Crippen molar-refractivity contribution in [2.45, 2.75) is 39.5 Å². The summed E-state index contributed by atoms with van der Waals surface area (Å²) in [5, 5.41) is 7.23. The number of nitrogens with one attached hydrogen (secondary N) is 2. The summed E-state index contributed by atoms with van der Waals surface area (Å²) in [6, 6.07) is 4.26. The minimum Gasteiger partial charge on any atom is -0.351 e. The number of carbonyl (C=O) groups excluding carboxylic acids is 1. The summed E-state index contributed by atoms with van der Waals surface area (Å²) in [5.74, 6) is 0.0966. The molecule has 10 heteroatoms. The molecule has 0 saturated heterocycles. The van der Waals surface area contributed by atoms with Gasteiger partial charge in [-0.3, -0.25) is 9.59 Å². The maximum atomic E-state index is 12.8. The number of benzene rings is 1. The number of amides is 1. The van der Waals surface area contributed by atoms with E-state index >= 15 is 0 Å². The van der Waals surface area contributed by atoms with Crippen molar-refractivity contribution in [3.63, 3.8) is 0 Å². The molecule has 1 unspecified atom stereocenters. The highest BCUT2D eigenvalue weighted by Gasteiger charge is 2.30. The van der Waals surface area contributed by atoms with Crippen LogP contribution in [-0.2, 0) is 17.5 Å². The summed E-state index contributed by atoms with van der Waals surface area (Å²) in [5.41, 5.74) is 0.0641. The van der Waals surface area contributed by atoms with E-state index in [-0.39, 0.29) is 17.8 Å². The van der Waals surface area contributed by atoms with Crippen molar-refractivity contribution in [3.8, 4) is 0 Å². The fourth-order valence-electron chi connectivity index (χ4n) is 2.92. The van der Waals surface area contributed by atoms with Crippen LogP contribution in [0.2, 0.25) is 0 Å². The quantitative estimate of drug-likeness (QED) is 0.713. The number of H-pyrrole nitrogens is 1. The van der Waals surface area contributed by atoms with Crippen LogP contribution in [0.5, 0.6) is 0 Å². The number of aromatic nitrogens is 4. The van der Waals surface area contributed by atoms with Gasteiger partial charge in [-0.25, -0.2) is 9.67 Å². The second kappa shape index (κ2) is 7.10. The zero-order valence-electron chi connectivity index (χ0n) is 15.4. The molecule has 0 bridgehead atoms. The summed E-state index contributed by atoms with van der Waals surface area (Å²) in [7, 11) is 0. The standard InChI is InChI=1S/C18H18F3N5O2/c1-9(12-4-6-13(7-5-12)18(19,20)21)26-16-15(17(28)24-10(2)23-16)14(25-26)8-22-11(3)27/h4-7,9H,8H2,1-3H3,(H,22,27)(H,23,24,28). The predicted molar refractivity (Wildman–Crippen MR) is 95.7 cm³/mol. The van der Waals surface area contributed by atoms with Crippen LogP contribution in [0.4, 0.5) is 13.2 Å². The first-order chi connectivity index (χ1) is 13.1. The molecule has 0 aliphatic rings. The highest BCUT2D eigenvalue weighted by Crippen LogP contribution is 2.31. The lowest BCUT2D eigenvalue weighted by molar-refractivity contribution is -0.137. The highest BCUT2D eigenvalue weighted by atomic mass is 19.4. The van der Waals surface area contributed by atoms with Crippen LogP contribution in [0.1, 0.15) is 42.5 Å². The third-order valence-corrected chi connectivity index (χ3v) is 4.34. The van der Waals surface area contributed by atoms with Crippen molar-refractivity contribution in [1.29, 1.82) is 0 Å². The van der Waals surface area contributed by atoms with Gasteiger partial charge in [-0.15, -0.1) is 0 Å². The van der Waals surface area contributed by atoms with Crippen LogP contribution in [0.15, 0.2) is 29.1 Å². The van der Waals surface area contributed by atoms with E-state index < -0.39 is 23.3 Å². The van der Waals surface area contributed by atoms with Crippen molar-refractivity contribution in [1.82, 2.24) is 25.1 Å². The monoisotopic (exact) mass is 393 g/mol. The van der Waals surface area contributed by atoms with E-state index in [9.17, 15) is 22.8 Å². The normalized spacial score (nSPS) is 12.9. The number of hydrogen-bond acceptors (Lipinski definition) is 4. The first kappa shape index (κ1) is 19.6. The molecule has 1 amide bonds. The number of aryl methyl sites for hydroxylation is 1. The summed E-state index contributed by atoms with van der Waals surface area (Å²) in [4.78, 5) is 30.6. The van der Waals surface area contributed by atoms with Crippen molar-refractivity contribution < 1.29 is 18.0 Å². The van der Waals surface area contributed by atoms with E-state index in [1.165, 1.54) is 23.7 Å². The molecule has 0 spiro atoms.